The van der Waals surface area contributed by atoms with Crippen LogP contribution in [0.4, 0.5) is 0 Å². The molecule has 2 aliphatic rings. The Morgan fingerprint density at radius 2 is 1.44 bits per heavy atom. The third-order valence-electron chi connectivity index (χ3n) is 4.36. The number of esters is 2. The van der Waals surface area contributed by atoms with Gasteiger partial charge in [-0.05, 0) is 12.8 Å². The van der Waals surface area contributed by atoms with E-state index in [2.05, 4.69) is 22.6 Å². The number of likely N-dealkylation sites (tertiary alicyclic amines) is 1. The molecule has 1 saturated heterocycles. The van der Waals surface area contributed by atoms with E-state index in [-0.39, 0.29) is 36.8 Å². The third-order valence-corrected chi connectivity index (χ3v) is 4.36. The fourth-order valence-electron chi connectivity index (χ4n) is 3.03. The number of carbonyl (C=O) groups excluding carboxylic acids is 4. The zero-order valence-electron chi connectivity index (χ0n) is 15.7. The van der Waals surface area contributed by atoms with Crippen LogP contribution in [0.5, 0.6) is 0 Å². The van der Waals surface area contributed by atoms with Gasteiger partial charge in [-0.15, -0.1) is 0 Å². The molecule has 1 aliphatic carbocycles. The Morgan fingerprint density at radius 3 is 1.89 bits per heavy atom. The topological polar surface area (TPSA) is 99.2 Å². The van der Waals surface area contributed by atoms with E-state index in [1.54, 1.807) is 7.11 Å². The number of hydrogen-bond donors (Lipinski definition) is 0. The van der Waals surface area contributed by atoms with Crippen molar-refractivity contribution in [1.82, 2.24) is 4.90 Å². The number of rotatable bonds is 8. The second-order valence-corrected chi connectivity index (χ2v) is 6.06. The Bertz CT molecular complexity index is 548. The van der Waals surface area contributed by atoms with Gasteiger partial charge in [0, 0.05) is 19.3 Å². The quantitative estimate of drug-likeness (QED) is 0.270. The van der Waals surface area contributed by atoms with Crippen molar-refractivity contribution in [3.05, 3.63) is 25.3 Å². The second-order valence-electron chi connectivity index (χ2n) is 6.06. The van der Waals surface area contributed by atoms with E-state index in [9.17, 15) is 19.2 Å². The predicted molar refractivity (Wildman–Crippen MR) is 96.4 cm³/mol. The van der Waals surface area contributed by atoms with Crippen molar-refractivity contribution in [2.24, 2.45) is 11.8 Å². The van der Waals surface area contributed by atoms with Crippen LogP contribution in [-0.2, 0) is 33.4 Å². The fraction of sp³-hybridized carbons (Fsp3) is 0.579. The first-order chi connectivity index (χ1) is 13.0. The van der Waals surface area contributed by atoms with Gasteiger partial charge in [0.25, 0.3) is 0 Å². The van der Waals surface area contributed by atoms with E-state index in [1.165, 1.54) is 4.90 Å². The summed E-state index contributed by atoms with van der Waals surface area (Å²) in [5.41, 5.74) is 0. The van der Waals surface area contributed by atoms with Crippen molar-refractivity contribution in [2.75, 3.05) is 33.5 Å². The van der Waals surface area contributed by atoms with Crippen LogP contribution in [0.1, 0.15) is 25.7 Å². The molecule has 1 saturated carbocycles. The number of carbonyl (C=O) groups is 4. The molecule has 0 bridgehead atoms. The molecule has 0 aromatic rings. The van der Waals surface area contributed by atoms with E-state index in [1.807, 2.05) is 0 Å². The molecule has 2 fully saturated rings. The molecule has 0 spiro atoms. The first kappa shape index (κ1) is 22.6. The highest BCUT2D eigenvalue weighted by Gasteiger charge is 2.47. The standard InChI is InChI=1S/C13H17NO4.C6H10O3/c1-2-11(15)18-8-7-14-12(16)9-5-3-4-6-10(9)13(14)17;1-3-6(7)9-5-4-8-2/h2,9-10H,1,3-8H2;3H,1,4-5H2,2H3. The average molecular weight is 381 g/mol. The summed E-state index contributed by atoms with van der Waals surface area (Å²) < 4.78 is 14.0. The van der Waals surface area contributed by atoms with E-state index in [4.69, 9.17) is 4.74 Å². The molecule has 150 valence electrons. The molecule has 8 heteroatoms. The smallest absolute Gasteiger partial charge is 0.330 e. The summed E-state index contributed by atoms with van der Waals surface area (Å²) in [5, 5.41) is 0. The van der Waals surface area contributed by atoms with Gasteiger partial charge in [-0.2, -0.15) is 0 Å². The van der Waals surface area contributed by atoms with Crippen LogP contribution < -0.4 is 0 Å². The first-order valence-electron chi connectivity index (χ1n) is 8.88. The Hall–Kier alpha value is -2.48. The number of fused-ring (bicyclic) bond motifs is 1. The number of imide groups is 1. The monoisotopic (exact) mass is 381 g/mol. The Balaban J connectivity index is 0.000000345. The zero-order valence-corrected chi connectivity index (χ0v) is 15.7. The summed E-state index contributed by atoms with van der Waals surface area (Å²) >= 11 is 0. The van der Waals surface area contributed by atoms with Gasteiger partial charge in [0.15, 0.2) is 0 Å². The van der Waals surface area contributed by atoms with Crippen LogP contribution in [-0.4, -0.2) is 62.1 Å². The highest BCUT2D eigenvalue weighted by Crippen LogP contribution is 2.37. The van der Waals surface area contributed by atoms with Crippen LogP contribution >= 0.6 is 0 Å². The van der Waals surface area contributed by atoms with E-state index in [0.717, 1.165) is 37.8 Å². The lowest BCUT2D eigenvalue weighted by molar-refractivity contribution is -0.145. The number of nitrogens with zero attached hydrogens (tertiary/aromatic N) is 1. The van der Waals surface area contributed by atoms with Gasteiger partial charge < -0.3 is 14.2 Å². The molecular weight excluding hydrogens is 354 g/mol. The highest BCUT2D eigenvalue weighted by molar-refractivity contribution is 6.05. The highest BCUT2D eigenvalue weighted by atomic mass is 16.6. The van der Waals surface area contributed by atoms with E-state index >= 15 is 0 Å². The lowest BCUT2D eigenvalue weighted by Gasteiger charge is -2.19. The van der Waals surface area contributed by atoms with Gasteiger partial charge in [-0.3, -0.25) is 14.5 Å². The van der Waals surface area contributed by atoms with Crippen molar-refractivity contribution in [3.63, 3.8) is 0 Å². The lowest BCUT2D eigenvalue weighted by Crippen LogP contribution is -2.34. The van der Waals surface area contributed by atoms with Crippen LogP contribution in [0.3, 0.4) is 0 Å². The molecule has 1 aliphatic heterocycles. The Morgan fingerprint density at radius 1 is 0.963 bits per heavy atom. The van der Waals surface area contributed by atoms with E-state index in [0.29, 0.717) is 13.2 Å². The Kier molecular flexibility index (Phi) is 10.0. The molecule has 1 heterocycles. The van der Waals surface area contributed by atoms with Crippen molar-refractivity contribution in [3.8, 4) is 0 Å². The number of amides is 2. The first-order valence-corrected chi connectivity index (χ1v) is 8.88. The lowest BCUT2D eigenvalue weighted by atomic mass is 9.81. The molecule has 0 N–H and O–H groups in total. The van der Waals surface area contributed by atoms with Gasteiger partial charge in [-0.25, -0.2) is 9.59 Å². The zero-order chi connectivity index (χ0) is 20.2. The summed E-state index contributed by atoms with van der Waals surface area (Å²) in [7, 11) is 1.54. The summed E-state index contributed by atoms with van der Waals surface area (Å²) in [4.78, 5) is 46.5. The molecule has 0 aromatic heterocycles. The largest absolute Gasteiger partial charge is 0.461 e. The predicted octanol–water partition coefficient (Wildman–Crippen LogP) is 1.25. The maximum Gasteiger partial charge on any atom is 0.330 e. The minimum Gasteiger partial charge on any atom is -0.461 e. The molecule has 8 nitrogen and oxygen atoms in total. The van der Waals surface area contributed by atoms with Crippen LogP contribution in [0.2, 0.25) is 0 Å². The summed E-state index contributed by atoms with van der Waals surface area (Å²) in [6.45, 7) is 7.43. The van der Waals surface area contributed by atoms with E-state index < -0.39 is 11.9 Å². The van der Waals surface area contributed by atoms with Gasteiger partial charge in [0.1, 0.15) is 13.2 Å². The molecule has 0 aromatic carbocycles. The molecule has 2 rings (SSSR count). The van der Waals surface area contributed by atoms with Crippen LogP contribution in [0, 0.1) is 11.8 Å². The Labute approximate surface area is 159 Å². The third kappa shape index (κ3) is 6.97. The maximum absolute atomic E-state index is 12.0. The summed E-state index contributed by atoms with van der Waals surface area (Å²) in [5.74, 6) is -1.42. The average Bonchev–Trinajstić information content (AvgIpc) is 2.93. The number of hydrogen-bond acceptors (Lipinski definition) is 7. The van der Waals surface area contributed by atoms with Crippen molar-refractivity contribution in [1.29, 1.82) is 0 Å². The molecular formula is C19H27NO7. The maximum atomic E-state index is 12.0. The van der Waals surface area contributed by atoms with Gasteiger partial charge in [0.2, 0.25) is 11.8 Å². The molecule has 2 unspecified atom stereocenters. The van der Waals surface area contributed by atoms with Gasteiger partial charge in [-0.1, -0.05) is 26.0 Å². The van der Waals surface area contributed by atoms with Gasteiger partial charge >= 0.3 is 11.9 Å². The number of ether oxygens (including phenoxy) is 3. The molecule has 2 atom stereocenters. The van der Waals surface area contributed by atoms with Crippen LogP contribution in [0.25, 0.3) is 0 Å². The van der Waals surface area contributed by atoms with Gasteiger partial charge in [0.05, 0.1) is 25.0 Å². The number of methoxy groups -OCH3 is 1. The summed E-state index contributed by atoms with van der Waals surface area (Å²) in [6.07, 6.45) is 5.82. The minimum absolute atomic E-state index is 0.0434. The van der Waals surface area contributed by atoms with Crippen molar-refractivity contribution in [2.45, 2.75) is 25.7 Å². The van der Waals surface area contributed by atoms with Crippen molar-refractivity contribution >= 4 is 23.8 Å². The fourth-order valence-corrected chi connectivity index (χ4v) is 3.03. The van der Waals surface area contributed by atoms with Crippen LogP contribution in [0.15, 0.2) is 25.3 Å². The minimum atomic E-state index is -0.536. The second kappa shape index (κ2) is 12.0. The van der Waals surface area contributed by atoms with Crippen molar-refractivity contribution < 1.29 is 33.4 Å². The molecule has 2 amide bonds. The normalized spacial score (nSPS) is 20.9. The molecule has 0 radical (unpaired) electrons. The SMILES string of the molecule is C=CC(=O)OCCN1C(=O)C2CCCCC2C1=O.C=CC(=O)OCCOC. The summed E-state index contributed by atoms with van der Waals surface area (Å²) in [6, 6.07) is 0. The molecule has 27 heavy (non-hydrogen) atoms.